The van der Waals surface area contributed by atoms with Gasteiger partial charge in [0, 0.05) is 0 Å². The molecule has 0 bridgehead atoms. The normalized spacial score (nSPS) is 28.3. The Labute approximate surface area is 99.4 Å². The topological polar surface area (TPSA) is 40.5 Å². The molecular formula is C14H26O2. The Morgan fingerprint density at radius 3 is 2.62 bits per heavy atom. The zero-order valence-electron chi connectivity index (χ0n) is 10.9. The van der Waals surface area contributed by atoms with Gasteiger partial charge in [0.15, 0.2) is 0 Å². The van der Waals surface area contributed by atoms with Gasteiger partial charge in [0.2, 0.25) is 0 Å². The van der Waals surface area contributed by atoms with Crippen LogP contribution in [0, 0.1) is 5.92 Å². The molecule has 0 aromatic heterocycles. The molecule has 2 nitrogen and oxygen atoms in total. The van der Waals surface area contributed by atoms with Gasteiger partial charge in [-0.25, -0.2) is 0 Å². The van der Waals surface area contributed by atoms with Crippen molar-refractivity contribution in [1.82, 2.24) is 0 Å². The molecule has 94 valence electrons. The Hall–Kier alpha value is -0.340. The molecule has 1 aliphatic rings. The maximum Gasteiger partial charge on any atom is 0.0608 e. The minimum Gasteiger partial charge on any atom is -0.393 e. The van der Waals surface area contributed by atoms with Crippen LogP contribution in [0.3, 0.4) is 0 Å². The second-order valence-electron chi connectivity index (χ2n) is 5.31. The molecule has 0 unspecified atom stereocenters. The van der Waals surface area contributed by atoms with E-state index in [0.717, 1.165) is 25.7 Å². The van der Waals surface area contributed by atoms with Gasteiger partial charge in [-0.2, -0.15) is 0 Å². The van der Waals surface area contributed by atoms with Crippen LogP contribution in [-0.2, 0) is 0 Å². The van der Waals surface area contributed by atoms with E-state index >= 15 is 0 Å². The average molecular weight is 226 g/mol. The fraction of sp³-hybridized carbons (Fsp3) is 0.857. The third kappa shape index (κ3) is 3.91. The van der Waals surface area contributed by atoms with E-state index in [1.165, 1.54) is 24.0 Å². The maximum atomic E-state index is 10.0. The highest BCUT2D eigenvalue weighted by Gasteiger charge is 2.26. The molecule has 0 saturated heterocycles. The Bertz CT molecular complexity index is 243. The Morgan fingerprint density at radius 2 is 2.06 bits per heavy atom. The van der Waals surface area contributed by atoms with Crippen LogP contribution in [0.25, 0.3) is 0 Å². The largest absolute Gasteiger partial charge is 0.393 e. The minimum atomic E-state index is -0.257. The van der Waals surface area contributed by atoms with Crippen molar-refractivity contribution in [2.24, 2.45) is 5.92 Å². The van der Waals surface area contributed by atoms with Crippen molar-refractivity contribution in [3.05, 3.63) is 11.1 Å². The van der Waals surface area contributed by atoms with Gasteiger partial charge in [-0.05, 0) is 45.4 Å². The Kier molecular flexibility index (Phi) is 5.50. The lowest BCUT2D eigenvalue weighted by molar-refractivity contribution is 0.0897. The Morgan fingerprint density at radius 1 is 1.38 bits per heavy atom. The number of unbranched alkanes of at least 4 members (excludes halogenated alkanes) is 1. The first-order chi connectivity index (χ1) is 7.54. The maximum absolute atomic E-state index is 10.0. The summed E-state index contributed by atoms with van der Waals surface area (Å²) in [6.07, 6.45) is 5.65. The van der Waals surface area contributed by atoms with E-state index in [1.54, 1.807) is 0 Å². The molecular weight excluding hydrogens is 200 g/mol. The van der Waals surface area contributed by atoms with Gasteiger partial charge >= 0.3 is 0 Å². The molecule has 0 radical (unpaired) electrons. The molecule has 0 heterocycles. The average Bonchev–Trinajstić information content (AvgIpc) is 2.20. The Balaban J connectivity index is 2.59. The van der Waals surface area contributed by atoms with Crippen LogP contribution < -0.4 is 0 Å². The van der Waals surface area contributed by atoms with E-state index in [2.05, 4.69) is 13.8 Å². The predicted molar refractivity (Wildman–Crippen MR) is 67.3 cm³/mol. The summed E-state index contributed by atoms with van der Waals surface area (Å²) in [4.78, 5) is 0. The first-order valence-corrected chi connectivity index (χ1v) is 6.58. The molecule has 2 heteroatoms. The van der Waals surface area contributed by atoms with Crippen molar-refractivity contribution >= 4 is 0 Å². The molecule has 1 aliphatic carbocycles. The van der Waals surface area contributed by atoms with Crippen molar-refractivity contribution in [2.75, 3.05) is 0 Å². The van der Waals surface area contributed by atoms with Crippen molar-refractivity contribution in [1.29, 1.82) is 0 Å². The molecule has 16 heavy (non-hydrogen) atoms. The van der Waals surface area contributed by atoms with E-state index in [4.69, 9.17) is 0 Å². The second-order valence-corrected chi connectivity index (χ2v) is 5.31. The monoisotopic (exact) mass is 226 g/mol. The predicted octanol–water partition coefficient (Wildman–Crippen LogP) is 3.03. The number of aliphatic hydroxyl groups is 2. The quantitative estimate of drug-likeness (QED) is 0.707. The van der Waals surface area contributed by atoms with Crippen LogP contribution in [0.15, 0.2) is 11.1 Å². The molecule has 0 aliphatic heterocycles. The summed E-state index contributed by atoms with van der Waals surface area (Å²) in [5.74, 6) is 0.414. The first kappa shape index (κ1) is 13.7. The van der Waals surface area contributed by atoms with Crippen LogP contribution in [-0.4, -0.2) is 22.4 Å². The summed E-state index contributed by atoms with van der Waals surface area (Å²) < 4.78 is 0. The number of hydrogen-bond donors (Lipinski definition) is 2. The number of rotatable bonds is 5. The molecule has 0 fully saturated rings. The molecule has 3 atom stereocenters. The van der Waals surface area contributed by atoms with Gasteiger partial charge in [0.1, 0.15) is 0 Å². The van der Waals surface area contributed by atoms with Gasteiger partial charge in [-0.1, -0.05) is 30.9 Å². The first-order valence-electron chi connectivity index (χ1n) is 6.58. The third-order valence-electron chi connectivity index (χ3n) is 3.64. The van der Waals surface area contributed by atoms with Crippen LogP contribution in [0.2, 0.25) is 0 Å². The number of hydrogen-bond acceptors (Lipinski definition) is 2. The highest BCUT2D eigenvalue weighted by molar-refractivity contribution is 5.18. The van der Waals surface area contributed by atoms with E-state index in [1.807, 2.05) is 6.92 Å². The third-order valence-corrected chi connectivity index (χ3v) is 3.64. The minimum absolute atomic E-state index is 0.163. The van der Waals surface area contributed by atoms with Crippen molar-refractivity contribution in [3.63, 3.8) is 0 Å². The second kappa shape index (κ2) is 6.41. The number of aliphatic hydroxyl groups excluding tert-OH is 2. The molecule has 2 N–H and O–H groups in total. The van der Waals surface area contributed by atoms with E-state index in [0.29, 0.717) is 5.92 Å². The van der Waals surface area contributed by atoms with Gasteiger partial charge in [0.05, 0.1) is 12.2 Å². The SMILES string of the molecule is CCCC[C@@H]1CC(C[C@@H](C)O)=C(C)C[C@@H]1O. The fourth-order valence-electron chi connectivity index (χ4n) is 2.63. The molecule has 0 amide bonds. The molecule has 0 aromatic carbocycles. The van der Waals surface area contributed by atoms with Crippen LogP contribution in [0.1, 0.15) is 59.3 Å². The van der Waals surface area contributed by atoms with E-state index in [9.17, 15) is 10.2 Å². The fourth-order valence-corrected chi connectivity index (χ4v) is 2.63. The summed E-state index contributed by atoms with van der Waals surface area (Å²) in [6.45, 7) is 6.12. The van der Waals surface area contributed by atoms with Gasteiger partial charge in [-0.15, -0.1) is 0 Å². The van der Waals surface area contributed by atoms with Crippen LogP contribution in [0.5, 0.6) is 0 Å². The summed E-state index contributed by atoms with van der Waals surface area (Å²) in [7, 11) is 0. The molecule has 0 saturated carbocycles. The van der Waals surface area contributed by atoms with Gasteiger partial charge in [0.25, 0.3) is 0 Å². The van der Waals surface area contributed by atoms with Crippen molar-refractivity contribution < 1.29 is 10.2 Å². The lowest BCUT2D eigenvalue weighted by Gasteiger charge is -2.31. The lowest BCUT2D eigenvalue weighted by atomic mass is 9.78. The van der Waals surface area contributed by atoms with Crippen molar-refractivity contribution in [2.45, 2.75) is 71.5 Å². The standard InChI is InChI=1S/C14H26O2/c1-4-5-6-12-9-13(8-11(3)15)10(2)7-14(12)16/h11-12,14-16H,4-9H2,1-3H3/t11-,12-,14+/m1/s1. The summed E-state index contributed by atoms with van der Waals surface area (Å²) in [6, 6.07) is 0. The molecule has 0 spiro atoms. The summed E-state index contributed by atoms with van der Waals surface area (Å²) >= 11 is 0. The smallest absolute Gasteiger partial charge is 0.0608 e. The zero-order valence-corrected chi connectivity index (χ0v) is 10.9. The van der Waals surface area contributed by atoms with Gasteiger partial charge in [-0.3, -0.25) is 0 Å². The molecule has 1 rings (SSSR count). The van der Waals surface area contributed by atoms with Crippen LogP contribution in [0.4, 0.5) is 0 Å². The van der Waals surface area contributed by atoms with Crippen LogP contribution >= 0.6 is 0 Å². The molecule has 0 aromatic rings. The summed E-state index contributed by atoms with van der Waals surface area (Å²) in [5.41, 5.74) is 2.67. The summed E-state index contributed by atoms with van der Waals surface area (Å²) in [5, 5.41) is 19.5. The van der Waals surface area contributed by atoms with E-state index in [-0.39, 0.29) is 12.2 Å². The van der Waals surface area contributed by atoms with E-state index < -0.39 is 0 Å². The lowest BCUT2D eigenvalue weighted by Crippen LogP contribution is -2.26. The highest BCUT2D eigenvalue weighted by Crippen LogP contribution is 2.34. The van der Waals surface area contributed by atoms with Crippen molar-refractivity contribution in [3.8, 4) is 0 Å². The van der Waals surface area contributed by atoms with Gasteiger partial charge < -0.3 is 10.2 Å². The highest BCUT2D eigenvalue weighted by atomic mass is 16.3. The zero-order chi connectivity index (χ0) is 12.1.